The minimum Gasteiger partial charge on any atom is -0.353 e. The highest BCUT2D eigenvalue weighted by atomic mass is 79.9. The number of carbonyl (C=O) groups is 1. The predicted octanol–water partition coefficient (Wildman–Crippen LogP) is 2.04. The van der Waals surface area contributed by atoms with Crippen molar-refractivity contribution in [2.45, 2.75) is 58.0 Å². The fourth-order valence-electron chi connectivity index (χ4n) is 0.434. The smallest absolute Gasteiger partial charge is 0.236 e. The average molecular weight is 267 g/mol. The van der Waals surface area contributed by atoms with Crippen LogP contribution in [0.5, 0.6) is 0 Å². The average Bonchev–Trinajstić information content (AvgIpc) is 1.81. The largest absolute Gasteiger partial charge is 0.353 e. The van der Waals surface area contributed by atoms with E-state index in [1.165, 1.54) is 0 Å². The van der Waals surface area contributed by atoms with Gasteiger partial charge in [0.05, 0.1) is 4.32 Å². The molecule has 14 heavy (non-hydrogen) atoms. The van der Waals surface area contributed by atoms with Gasteiger partial charge in [-0.05, 0) is 33.7 Å². The molecule has 0 aromatic heterocycles. The predicted molar refractivity (Wildman–Crippen MR) is 65.6 cm³/mol. The first-order valence-electron chi connectivity index (χ1n) is 4.82. The van der Waals surface area contributed by atoms with Gasteiger partial charge in [0.25, 0.3) is 0 Å². The van der Waals surface area contributed by atoms with Gasteiger partial charge in [-0.1, -0.05) is 29.8 Å². The molecule has 0 aliphatic heterocycles. The molecule has 0 rings (SSSR count). The van der Waals surface area contributed by atoms with Crippen molar-refractivity contribution in [3.8, 4) is 0 Å². The van der Waals surface area contributed by atoms with Gasteiger partial charge in [0.15, 0.2) is 0 Å². The van der Waals surface area contributed by atoms with Crippen LogP contribution < -0.4 is 11.1 Å². The lowest BCUT2D eigenvalue weighted by molar-refractivity contribution is -0.122. The zero-order valence-electron chi connectivity index (χ0n) is 10.0. The molecule has 0 aliphatic rings. The van der Waals surface area contributed by atoms with Crippen molar-refractivity contribution >= 4 is 21.8 Å². The summed E-state index contributed by atoms with van der Waals surface area (Å²) in [6.45, 7) is 11.4. The number of carbonyl (C=O) groups excluding carboxylic acids is 1. The third-order valence-electron chi connectivity index (χ3n) is 0.960. The molecule has 4 heteroatoms. The fraction of sp³-hybridized carbons (Fsp3) is 0.900. The molecule has 0 atom stereocenters. The quantitative estimate of drug-likeness (QED) is 0.752. The second-order valence-corrected chi connectivity index (χ2v) is 6.33. The Balaban J connectivity index is 0. The maximum absolute atomic E-state index is 11.1. The lowest BCUT2D eigenvalue weighted by Crippen LogP contribution is -2.41. The van der Waals surface area contributed by atoms with Crippen molar-refractivity contribution in [1.29, 1.82) is 0 Å². The van der Waals surface area contributed by atoms with Gasteiger partial charge in [0.2, 0.25) is 5.91 Å². The molecule has 0 saturated heterocycles. The van der Waals surface area contributed by atoms with Crippen LogP contribution in [-0.4, -0.2) is 22.3 Å². The number of amides is 1. The summed E-state index contributed by atoms with van der Waals surface area (Å²) in [5, 5.41) is 2.80. The molecule has 0 aromatic carbocycles. The van der Waals surface area contributed by atoms with Crippen molar-refractivity contribution in [3.63, 3.8) is 0 Å². The molecule has 0 bridgehead atoms. The van der Waals surface area contributed by atoms with E-state index in [1.807, 2.05) is 41.5 Å². The van der Waals surface area contributed by atoms with Gasteiger partial charge in [-0.2, -0.15) is 0 Å². The molecule has 0 unspecified atom stereocenters. The molecule has 1 amide bonds. The summed E-state index contributed by atoms with van der Waals surface area (Å²) in [5.41, 5.74) is 5.11. The molecular formula is C10H23BrN2O. The van der Waals surface area contributed by atoms with Crippen LogP contribution >= 0.6 is 15.9 Å². The second kappa shape index (κ2) is 7.23. The molecule has 0 saturated carbocycles. The van der Waals surface area contributed by atoms with Crippen LogP contribution in [0.25, 0.3) is 0 Å². The van der Waals surface area contributed by atoms with Gasteiger partial charge in [-0.3, -0.25) is 4.79 Å². The lowest BCUT2D eigenvalue weighted by atomic mass is 10.2. The summed E-state index contributed by atoms with van der Waals surface area (Å²) in [7, 11) is 0. The van der Waals surface area contributed by atoms with E-state index in [9.17, 15) is 4.79 Å². The highest BCUT2D eigenvalue weighted by molar-refractivity contribution is 9.10. The minimum absolute atomic E-state index is 0.0301. The van der Waals surface area contributed by atoms with Gasteiger partial charge in [0, 0.05) is 6.04 Å². The Morgan fingerprint density at radius 3 is 1.64 bits per heavy atom. The van der Waals surface area contributed by atoms with Crippen LogP contribution in [0.2, 0.25) is 0 Å². The second-order valence-electron chi connectivity index (χ2n) is 4.34. The first-order chi connectivity index (χ1) is 6.07. The third-order valence-corrected chi connectivity index (χ3v) is 1.32. The van der Waals surface area contributed by atoms with E-state index < -0.39 is 4.32 Å². The SMILES string of the molecule is CC(C)N.CC(C)NC(=O)C(C)(C)Br. The Labute approximate surface area is 95.9 Å². The number of rotatable bonds is 2. The molecule has 0 spiro atoms. The third kappa shape index (κ3) is 14.4. The Hall–Kier alpha value is -0.0900. The topological polar surface area (TPSA) is 55.1 Å². The molecule has 0 aromatic rings. The van der Waals surface area contributed by atoms with E-state index in [-0.39, 0.29) is 11.9 Å². The van der Waals surface area contributed by atoms with Gasteiger partial charge in [-0.15, -0.1) is 0 Å². The maximum Gasteiger partial charge on any atom is 0.236 e. The first kappa shape index (κ1) is 16.3. The zero-order chi connectivity index (χ0) is 11.9. The van der Waals surface area contributed by atoms with E-state index in [0.717, 1.165) is 0 Å². The molecular weight excluding hydrogens is 244 g/mol. The van der Waals surface area contributed by atoms with Crippen LogP contribution in [0.4, 0.5) is 0 Å². The summed E-state index contributed by atoms with van der Waals surface area (Å²) in [6, 6.07) is 0.546. The van der Waals surface area contributed by atoms with Crippen LogP contribution in [0.1, 0.15) is 41.5 Å². The van der Waals surface area contributed by atoms with Crippen molar-refractivity contribution in [2.24, 2.45) is 5.73 Å². The van der Waals surface area contributed by atoms with E-state index in [0.29, 0.717) is 6.04 Å². The molecule has 0 fully saturated rings. The first-order valence-corrected chi connectivity index (χ1v) is 5.62. The minimum atomic E-state index is -0.447. The fourth-order valence-corrected chi connectivity index (χ4v) is 0.548. The summed E-state index contributed by atoms with van der Waals surface area (Å²) < 4.78 is -0.447. The summed E-state index contributed by atoms with van der Waals surface area (Å²) in [6.07, 6.45) is 0. The highest BCUT2D eigenvalue weighted by Crippen LogP contribution is 2.15. The monoisotopic (exact) mass is 266 g/mol. The van der Waals surface area contributed by atoms with Crippen LogP contribution in [0, 0.1) is 0 Å². The van der Waals surface area contributed by atoms with Gasteiger partial charge in [0.1, 0.15) is 0 Å². The van der Waals surface area contributed by atoms with Crippen molar-refractivity contribution in [2.75, 3.05) is 0 Å². The number of nitrogens with two attached hydrogens (primary N) is 1. The van der Waals surface area contributed by atoms with Crippen molar-refractivity contribution in [3.05, 3.63) is 0 Å². The lowest BCUT2D eigenvalue weighted by Gasteiger charge is -2.17. The molecule has 0 heterocycles. The Bertz CT molecular complexity index is 159. The van der Waals surface area contributed by atoms with Crippen LogP contribution in [-0.2, 0) is 4.79 Å². The number of nitrogens with one attached hydrogen (secondary N) is 1. The molecule has 3 nitrogen and oxygen atoms in total. The number of hydrogen-bond acceptors (Lipinski definition) is 2. The summed E-state index contributed by atoms with van der Waals surface area (Å²) in [4.78, 5) is 11.1. The number of halogens is 1. The van der Waals surface area contributed by atoms with Crippen molar-refractivity contribution in [1.82, 2.24) is 5.32 Å². The highest BCUT2D eigenvalue weighted by Gasteiger charge is 2.23. The summed E-state index contributed by atoms with van der Waals surface area (Å²) >= 11 is 3.26. The maximum atomic E-state index is 11.1. The Morgan fingerprint density at radius 2 is 1.57 bits per heavy atom. The van der Waals surface area contributed by atoms with E-state index in [2.05, 4.69) is 21.2 Å². The van der Waals surface area contributed by atoms with Crippen LogP contribution in [0.15, 0.2) is 0 Å². The van der Waals surface area contributed by atoms with Crippen LogP contribution in [0.3, 0.4) is 0 Å². The summed E-state index contributed by atoms with van der Waals surface area (Å²) in [5.74, 6) is 0.0301. The number of alkyl halides is 1. The Morgan fingerprint density at radius 1 is 1.29 bits per heavy atom. The number of hydrogen-bond donors (Lipinski definition) is 2. The molecule has 0 radical (unpaired) electrons. The van der Waals surface area contributed by atoms with E-state index in [4.69, 9.17) is 5.73 Å². The molecule has 3 N–H and O–H groups in total. The molecule has 0 aliphatic carbocycles. The standard InChI is InChI=1S/C7H14BrNO.C3H9N/c1-5(2)9-6(10)7(3,4)8;1-3(2)4/h5H,1-4H3,(H,9,10);3H,4H2,1-2H3. The van der Waals surface area contributed by atoms with Gasteiger partial charge < -0.3 is 11.1 Å². The van der Waals surface area contributed by atoms with Gasteiger partial charge in [-0.25, -0.2) is 0 Å². The van der Waals surface area contributed by atoms with Gasteiger partial charge >= 0.3 is 0 Å². The van der Waals surface area contributed by atoms with Crippen molar-refractivity contribution < 1.29 is 4.79 Å². The van der Waals surface area contributed by atoms with E-state index >= 15 is 0 Å². The zero-order valence-corrected chi connectivity index (χ0v) is 11.6. The van der Waals surface area contributed by atoms with E-state index in [1.54, 1.807) is 0 Å². The Kier molecular flexibility index (Phi) is 8.45. The normalized spacial score (nSPS) is 11.0. The molecule has 86 valence electrons.